The third kappa shape index (κ3) is 5.63. The quantitative estimate of drug-likeness (QED) is 0.872. The van der Waals surface area contributed by atoms with E-state index in [1.807, 2.05) is 0 Å². The smallest absolute Gasteiger partial charge is 0.234 e. The van der Waals surface area contributed by atoms with E-state index < -0.39 is 0 Å². The van der Waals surface area contributed by atoms with E-state index in [2.05, 4.69) is 67.5 Å². The van der Waals surface area contributed by atoms with Crippen molar-refractivity contribution in [1.82, 2.24) is 15.5 Å². The van der Waals surface area contributed by atoms with Gasteiger partial charge >= 0.3 is 0 Å². The summed E-state index contributed by atoms with van der Waals surface area (Å²) in [4.78, 5) is 14.3. The van der Waals surface area contributed by atoms with Crippen molar-refractivity contribution in [3.63, 3.8) is 0 Å². The third-order valence-corrected chi connectivity index (χ3v) is 4.54. The molecule has 1 aliphatic rings. The molecule has 4 heteroatoms. The fourth-order valence-electron chi connectivity index (χ4n) is 2.88. The van der Waals surface area contributed by atoms with E-state index in [1.54, 1.807) is 0 Å². The van der Waals surface area contributed by atoms with Gasteiger partial charge in [0.15, 0.2) is 0 Å². The normalized spacial score (nSPS) is 19.6. The van der Waals surface area contributed by atoms with Crippen molar-refractivity contribution >= 4 is 5.91 Å². The molecule has 2 N–H and O–H groups in total. The highest BCUT2D eigenvalue weighted by molar-refractivity contribution is 5.78. The number of hydrogen-bond donors (Lipinski definition) is 2. The van der Waals surface area contributed by atoms with Gasteiger partial charge in [-0.2, -0.15) is 0 Å². The lowest BCUT2D eigenvalue weighted by Gasteiger charge is -2.33. The summed E-state index contributed by atoms with van der Waals surface area (Å²) in [5.74, 6) is 0.130. The first-order chi connectivity index (χ1) is 10.9. The van der Waals surface area contributed by atoms with Crippen LogP contribution in [0.2, 0.25) is 0 Å². The molecule has 0 bridgehead atoms. The van der Waals surface area contributed by atoms with Crippen LogP contribution in [0.1, 0.15) is 38.8 Å². The van der Waals surface area contributed by atoms with Crippen LogP contribution in [0.15, 0.2) is 24.3 Å². The molecule has 23 heavy (non-hydrogen) atoms. The molecule has 2 rings (SSSR count). The maximum Gasteiger partial charge on any atom is 0.234 e. The van der Waals surface area contributed by atoms with E-state index in [1.165, 1.54) is 11.1 Å². The van der Waals surface area contributed by atoms with Crippen LogP contribution in [-0.4, -0.2) is 49.6 Å². The first kappa shape index (κ1) is 18.0. The number of nitrogens with one attached hydrogen (secondary N) is 2. The minimum Gasteiger partial charge on any atom is -0.355 e. The van der Waals surface area contributed by atoms with Crippen LogP contribution in [0.5, 0.6) is 0 Å². The summed E-state index contributed by atoms with van der Waals surface area (Å²) in [6, 6.07) is 9.16. The highest BCUT2D eigenvalue weighted by Gasteiger charge is 2.19. The van der Waals surface area contributed by atoms with Crippen molar-refractivity contribution in [2.45, 2.75) is 45.6 Å². The largest absolute Gasteiger partial charge is 0.355 e. The van der Waals surface area contributed by atoms with Crippen molar-refractivity contribution < 1.29 is 4.79 Å². The Bertz CT molecular complexity index is 504. The predicted molar refractivity (Wildman–Crippen MR) is 95.8 cm³/mol. The fourth-order valence-corrected chi connectivity index (χ4v) is 2.88. The highest BCUT2D eigenvalue weighted by Crippen LogP contribution is 2.22. The number of rotatable bonds is 5. The summed E-state index contributed by atoms with van der Waals surface area (Å²) in [5.41, 5.74) is 2.80. The molecule has 0 radical (unpaired) electrons. The van der Waals surface area contributed by atoms with Crippen LogP contribution >= 0.6 is 0 Å². The number of piperazine rings is 1. The topological polar surface area (TPSA) is 44.4 Å². The second kappa shape index (κ2) is 7.93. The Hall–Kier alpha value is -1.39. The molecule has 0 aliphatic carbocycles. The number of carbonyl (C=O) groups is 1. The lowest BCUT2D eigenvalue weighted by molar-refractivity contribution is -0.122. The SMILES string of the molecule is C[C@H]1CNCCN1CC(=O)NCCc1ccc(C(C)(C)C)cc1. The molecule has 128 valence electrons. The average molecular weight is 317 g/mol. The molecule has 1 fully saturated rings. The van der Waals surface area contributed by atoms with Gasteiger partial charge in [-0.25, -0.2) is 0 Å². The minimum absolute atomic E-state index is 0.130. The molecule has 0 aromatic heterocycles. The Morgan fingerprint density at radius 3 is 2.61 bits per heavy atom. The number of hydrogen-bond acceptors (Lipinski definition) is 3. The molecule has 1 amide bonds. The number of amides is 1. The van der Waals surface area contributed by atoms with E-state index >= 15 is 0 Å². The van der Waals surface area contributed by atoms with Crippen molar-refractivity contribution in [1.29, 1.82) is 0 Å². The van der Waals surface area contributed by atoms with Gasteiger partial charge in [0, 0.05) is 32.2 Å². The molecule has 1 aromatic rings. The van der Waals surface area contributed by atoms with Gasteiger partial charge < -0.3 is 10.6 Å². The molecule has 1 saturated heterocycles. The molecule has 1 atom stereocenters. The summed E-state index contributed by atoms with van der Waals surface area (Å²) in [5, 5.41) is 6.39. The summed E-state index contributed by atoms with van der Waals surface area (Å²) >= 11 is 0. The Labute approximate surface area is 140 Å². The Kier molecular flexibility index (Phi) is 6.19. The van der Waals surface area contributed by atoms with Gasteiger partial charge in [0.25, 0.3) is 0 Å². The second-order valence-electron chi connectivity index (χ2n) is 7.57. The lowest BCUT2D eigenvalue weighted by atomic mass is 9.86. The van der Waals surface area contributed by atoms with Crippen LogP contribution in [-0.2, 0) is 16.6 Å². The Balaban J connectivity index is 1.73. The summed E-state index contributed by atoms with van der Waals surface area (Å²) < 4.78 is 0. The number of nitrogens with zero attached hydrogens (tertiary/aromatic N) is 1. The standard InChI is InChI=1S/C19H31N3O/c1-15-13-20-11-12-22(15)14-18(23)21-10-9-16-5-7-17(8-6-16)19(2,3)4/h5-8,15,20H,9-14H2,1-4H3,(H,21,23)/t15-/m0/s1. The van der Waals surface area contributed by atoms with E-state index in [-0.39, 0.29) is 11.3 Å². The van der Waals surface area contributed by atoms with Gasteiger partial charge in [0.05, 0.1) is 6.54 Å². The number of carbonyl (C=O) groups excluding carboxylic acids is 1. The molecule has 0 unspecified atom stereocenters. The molecule has 1 heterocycles. The summed E-state index contributed by atoms with van der Waals surface area (Å²) in [6.07, 6.45) is 0.882. The molecular weight excluding hydrogens is 286 g/mol. The van der Waals surface area contributed by atoms with Crippen molar-refractivity contribution in [2.24, 2.45) is 0 Å². The predicted octanol–water partition coefficient (Wildman–Crippen LogP) is 1.94. The van der Waals surface area contributed by atoms with Gasteiger partial charge in [-0.1, -0.05) is 45.0 Å². The van der Waals surface area contributed by atoms with Crippen molar-refractivity contribution in [3.8, 4) is 0 Å². The van der Waals surface area contributed by atoms with Crippen LogP contribution in [0.4, 0.5) is 0 Å². The first-order valence-corrected chi connectivity index (χ1v) is 8.67. The summed E-state index contributed by atoms with van der Waals surface area (Å²) in [6.45, 7) is 12.9. The van der Waals surface area contributed by atoms with Crippen molar-refractivity contribution in [3.05, 3.63) is 35.4 Å². The average Bonchev–Trinajstić information content (AvgIpc) is 2.49. The lowest BCUT2D eigenvalue weighted by Crippen LogP contribution is -2.52. The van der Waals surface area contributed by atoms with Crippen LogP contribution in [0.25, 0.3) is 0 Å². The third-order valence-electron chi connectivity index (χ3n) is 4.54. The number of benzene rings is 1. The molecule has 4 nitrogen and oxygen atoms in total. The highest BCUT2D eigenvalue weighted by atomic mass is 16.2. The van der Waals surface area contributed by atoms with Gasteiger partial charge in [-0.3, -0.25) is 9.69 Å². The van der Waals surface area contributed by atoms with Crippen molar-refractivity contribution in [2.75, 3.05) is 32.7 Å². The molecule has 1 aliphatic heterocycles. The Morgan fingerprint density at radius 2 is 2.00 bits per heavy atom. The fraction of sp³-hybridized carbons (Fsp3) is 0.632. The first-order valence-electron chi connectivity index (χ1n) is 8.67. The van der Waals surface area contributed by atoms with Gasteiger partial charge in [-0.15, -0.1) is 0 Å². The molecule has 1 aromatic carbocycles. The molecule has 0 spiro atoms. The van der Waals surface area contributed by atoms with E-state index in [4.69, 9.17) is 0 Å². The van der Waals surface area contributed by atoms with Crippen LogP contribution in [0.3, 0.4) is 0 Å². The van der Waals surface area contributed by atoms with E-state index in [0.29, 0.717) is 19.1 Å². The van der Waals surface area contributed by atoms with Crippen LogP contribution in [0, 0.1) is 0 Å². The minimum atomic E-state index is 0.130. The van der Waals surface area contributed by atoms with E-state index in [9.17, 15) is 4.79 Å². The second-order valence-corrected chi connectivity index (χ2v) is 7.57. The summed E-state index contributed by atoms with van der Waals surface area (Å²) in [7, 11) is 0. The van der Waals surface area contributed by atoms with Gasteiger partial charge in [-0.05, 0) is 29.9 Å². The Morgan fingerprint density at radius 1 is 1.30 bits per heavy atom. The van der Waals surface area contributed by atoms with Crippen LogP contribution < -0.4 is 10.6 Å². The maximum absolute atomic E-state index is 12.1. The van der Waals surface area contributed by atoms with E-state index in [0.717, 1.165) is 26.1 Å². The maximum atomic E-state index is 12.1. The zero-order valence-corrected chi connectivity index (χ0v) is 15.0. The zero-order chi connectivity index (χ0) is 16.9. The molecule has 0 saturated carbocycles. The zero-order valence-electron chi connectivity index (χ0n) is 15.0. The van der Waals surface area contributed by atoms with Gasteiger partial charge in [0.1, 0.15) is 0 Å². The van der Waals surface area contributed by atoms with Gasteiger partial charge in [0.2, 0.25) is 5.91 Å². The monoisotopic (exact) mass is 317 g/mol. The molecular formula is C19H31N3O.